The molecule has 0 saturated heterocycles. The maximum absolute atomic E-state index is 12.8. The number of amides is 1. The number of rotatable bonds is 6. The molecule has 0 saturated carbocycles. The van der Waals surface area contributed by atoms with Gasteiger partial charge in [0, 0.05) is 22.5 Å². The van der Waals surface area contributed by atoms with Crippen molar-refractivity contribution in [1.29, 1.82) is 0 Å². The average molecular weight is 434 g/mol. The molecule has 0 unspecified atom stereocenters. The van der Waals surface area contributed by atoms with E-state index in [1.54, 1.807) is 34.9 Å². The van der Waals surface area contributed by atoms with Crippen molar-refractivity contribution >= 4 is 34.1 Å². The number of nitrogens with zero attached hydrogens (tertiary/aromatic N) is 3. The first-order chi connectivity index (χ1) is 15.1. The van der Waals surface area contributed by atoms with Crippen LogP contribution in [0.4, 0.5) is 5.69 Å². The number of azo groups is 1. The van der Waals surface area contributed by atoms with Gasteiger partial charge in [0.05, 0.1) is 11.1 Å². The summed E-state index contributed by atoms with van der Waals surface area (Å²) in [5.41, 5.74) is 2.18. The Morgan fingerprint density at radius 3 is 2.55 bits per heavy atom. The quantitative estimate of drug-likeness (QED) is 0.351. The molecule has 0 aliphatic rings. The third-order valence-electron chi connectivity index (χ3n) is 4.93. The standard InChI is InChI=1S/C24H20ClN3O3/c1-2-28-20-13-7-4-10-17(20)22(24(28)30)26-27-23(29)18-11-5-8-14-21(18)31-15-16-9-3-6-12-19(16)25/h3-14,30H,2,15H2,1H3. The fourth-order valence-electron chi connectivity index (χ4n) is 3.38. The molecule has 0 fully saturated rings. The van der Waals surface area contributed by atoms with Gasteiger partial charge in [-0.3, -0.25) is 4.79 Å². The number of aromatic hydroxyl groups is 1. The highest BCUT2D eigenvalue weighted by Gasteiger charge is 2.17. The number of aryl methyl sites for hydroxylation is 1. The highest BCUT2D eigenvalue weighted by Crippen LogP contribution is 2.38. The predicted octanol–water partition coefficient (Wildman–Crippen LogP) is 6.52. The third kappa shape index (κ3) is 4.15. The second kappa shape index (κ2) is 9.02. The van der Waals surface area contributed by atoms with E-state index in [0.717, 1.165) is 16.5 Å². The lowest BCUT2D eigenvalue weighted by atomic mass is 10.2. The molecule has 31 heavy (non-hydrogen) atoms. The van der Waals surface area contributed by atoms with Gasteiger partial charge in [0.1, 0.15) is 12.4 Å². The summed E-state index contributed by atoms with van der Waals surface area (Å²) in [6.07, 6.45) is 0. The first-order valence-corrected chi connectivity index (χ1v) is 10.2. The van der Waals surface area contributed by atoms with Gasteiger partial charge in [0.2, 0.25) is 5.88 Å². The molecule has 0 spiro atoms. The average Bonchev–Trinajstić information content (AvgIpc) is 3.07. The molecule has 1 N–H and O–H groups in total. The maximum atomic E-state index is 12.8. The van der Waals surface area contributed by atoms with Crippen LogP contribution < -0.4 is 4.74 Å². The summed E-state index contributed by atoms with van der Waals surface area (Å²) < 4.78 is 7.55. The number of benzene rings is 3. The lowest BCUT2D eigenvalue weighted by molar-refractivity contribution is 0.0990. The Hall–Kier alpha value is -3.64. The zero-order valence-corrected chi connectivity index (χ0v) is 17.6. The molecule has 7 heteroatoms. The maximum Gasteiger partial charge on any atom is 0.299 e. The normalized spacial score (nSPS) is 11.3. The fraction of sp³-hybridized carbons (Fsp3) is 0.125. The minimum atomic E-state index is -0.567. The fourth-order valence-corrected chi connectivity index (χ4v) is 3.57. The van der Waals surface area contributed by atoms with Gasteiger partial charge >= 0.3 is 0 Å². The molecule has 4 rings (SSSR count). The topological polar surface area (TPSA) is 76.2 Å². The van der Waals surface area contributed by atoms with Gasteiger partial charge in [0.15, 0.2) is 5.69 Å². The van der Waals surface area contributed by atoms with Gasteiger partial charge in [-0.2, -0.15) is 0 Å². The number of hydrogen-bond acceptors (Lipinski definition) is 4. The van der Waals surface area contributed by atoms with Crippen molar-refractivity contribution < 1.29 is 14.6 Å². The number of carbonyl (C=O) groups excluding carboxylic acids is 1. The molecule has 4 aromatic rings. The summed E-state index contributed by atoms with van der Waals surface area (Å²) in [4.78, 5) is 12.8. The van der Waals surface area contributed by atoms with Crippen molar-refractivity contribution in [2.24, 2.45) is 10.2 Å². The number of fused-ring (bicyclic) bond motifs is 1. The molecule has 0 radical (unpaired) electrons. The summed E-state index contributed by atoms with van der Waals surface area (Å²) in [6.45, 7) is 2.70. The van der Waals surface area contributed by atoms with Gasteiger partial charge in [-0.25, -0.2) is 0 Å². The molecule has 1 amide bonds. The second-order valence-electron chi connectivity index (χ2n) is 6.82. The smallest absolute Gasteiger partial charge is 0.299 e. The third-order valence-corrected chi connectivity index (χ3v) is 5.30. The summed E-state index contributed by atoms with van der Waals surface area (Å²) >= 11 is 6.18. The minimum absolute atomic E-state index is 0.0245. The molecule has 1 heterocycles. The molecule has 3 aromatic carbocycles. The van der Waals surface area contributed by atoms with E-state index >= 15 is 0 Å². The van der Waals surface area contributed by atoms with Crippen molar-refractivity contribution in [3.05, 3.63) is 88.9 Å². The van der Waals surface area contributed by atoms with E-state index in [1.165, 1.54) is 0 Å². The van der Waals surface area contributed by atoms with Crippen LogP contribution in [0.5, 0.6) is 11.6 Å². The number of para-hydroxylation sites is 2. The Kier molecular flexibility index (Phi) is 6.00. The monoisotopic (exact) mass is 433 g/mol. The van der Waals surface area contributed by atoms with Gasteiger partial charge in [-0.15, -0.1) is 10.2 Å². The predicted molar refractivity (Wildman–Crippen MR) is 120 cm³/mol. The van der Waals surface area contributed by atoms with Crippen molar-refractivity contribution in [3.63, 3.8) is 0 Å². The van der Waals surface area contributed by atoms with Crippen molar-refractivity contribution in [2.45, 2.75) is 20.1 Å². The Bertz CT molecular complexity index is 1280. The van der Waals surface area contributed by atoms with E-state index in [0.29, 0.717) is 17.3 Å². The minimum Gasteiger partial charge on any atom is -0.493 e. The molecule has 1 aromatic heterocycles. The van der Waals surface area contributed by atoms with Gasteiger partial charge in [0.25, 0.3) is 5.91 Å². The zero-order valence-electron chi connectivity index (χ0n) is 16.8. The van der Waals surface area contributed by atoms with Crippen LogP contribution in [0.15, 0.2) is 83.0 Å². The molecular weight excluding hydrogens is 414 g/mol. The number of ether oxygens (including phenoxy) is 1. The van der Waals surface area contributed by atoms with E-state index in [4.69, 9.17) is 16.3 Å². The lowest BCUT2D eigenvalue weighted by Crippen LogP contribution is -2.02. The van der Waals surface area contributed by atoms with Crippen LogP contribution in [0.25, 0.3) is 10.9 Å². The van der Waals surface area contributed by atoms with Crippen LogP contribution >= 0.6 is 11.6 Å². The largest absolute Gasteiger partial charge is 0.493 e. The Balaban J connectivity index is 1.60. The lowest BCUT2D eigenvalue weighted by Gasteiger charge is -2.10. The van der Waals surface area contributed by atoms with Crippen LogP contribution in [-0.2, 0) is 13.2 Å². The van der Waals surface area contributed by atoms with E-state index < -0.39 is 5.91 Å². The Labute approximate surface area is 184 Å². The molecular formula is C24H20ClN3O3. The SMILES string of the molecule is CCn1c(O)c(N=NC(=O)c2ccccc2OCc2ccccc2Cl)c2ccccc21. The first kappa shape index (κ1) is 20.6. The molecule has 0 aliphatic carbocycles. The Morgan fingerprint density at radius 1 is 1.03 bits per heavy atom. The summed E-state index contributed by atoms with van der Waals surface area (Å²) in [5.74, 6) is -0.211. The molecule has 6 nitrogen and oxygen atoms in total. The molecule has 0 atom stereocenters. The van der Waals surface area contributed by atoms with E-state index in [2.05, 4.69) is 10.2 Å². The second-order valence-corrected chi connectivity index (χ2v) is 7.22. The van der Waals surface area contributed by atoms with E-state index in [-0.39, 0.29) is 23.7 Å². The summed E-state index contributed by atoms with van der Waals surface area (Å²) in [7, 11) is 0. The molecule has 156 valence electrons. The van der Waals surface area contributed by atoms with E-state index in [9.17, 15) is 9.90 Å². The highest BCUT2D eigenvalue weighted by molar-refractivity contribution is 6.31. The number of carbonyl (C=O) groups is 1. The van der Waals surface area contributed by atoms with Crippen LogP contribution in [0.3, 0.4) is 0 Å². The number of aromatic nitrogens is 1. The highest BCUT2D eigenvalue weighted by atomic mass is 35.5. The van der Waals surface area contributed by atoms with Crippen LogP contribution in [0.2, 0.25) is 5.02 Å². The van der Waals surface area contributed by atoms with Crippen molar-refractivity contribution in [3.8, 4) is 11.6 Å². The summed E-state index contributed by atoms with van der Waals surface area (Å²) in [6, 6.07) is 21.6. The number of halogens is 1. The first-order valence-electron chi connectivity index (χ1n) is 9.81. The van der Waals surface area contributed by atoms with Crippen LogP contribution in [0.1, 0.15) is 22.8 Å². The van der Waals surface area contributed by atoms with Crippen molar-refractivity contribution in [1.82, 2.24) is 4.57 Å². The van der Waals surface area contributed by atoms with Crippen LogP contribution in [0, 0.1) is 0 Å². The Morgan fingerprint density at radius 2 is 1.74 bits per heavy atom. The summed E-state index contributed by atoms with van der Waals surface area (Å²) in [5, 5.41) is 19.8. The number of hydrogen-bond donors (Lipinski definition) is 1. The van der Waals surface area contributed by atoms with Gasteiger partial charge in [-0.05, 0) is 31.2 Å². The van der Waals surface area contributed by atoms with Gasteiger partial charge < -0.3 is 14.4 Å². The van der Waals surface area contributed by atoms with Gasteiger partial charge in [-0.1, -0.05) is 60.1 Å². The zero-order chi connectivity index (χ0) is 21.8. The van der Waals surface area contributed by atoms with E-state index in [1.807, 2.05) is 49.4 Å². The molecule has 0 aliphatic heterocycles. The molecule has 0 bridgehead atoms. The van der Waals surface area contributed by atoms with Crippen LogP contribution in [-0.4, -0.2) is 15.6 Å². The van der Waals surface area contributed by atoms with Crippen molar-refractivity contribution in [2.75, 3.05) is 0 Å².